The van der Waals surface area contributed by atoms with Crippen LogP contribution in [0.1, 0.15) is 17.5 Å². The Kier molecular flexibility index (Phi) is 5.34. The van der Waals surface area contributed by atoms with Gasteiger partial charge in [0.25, 0.3) is 0 Å². The molecule has 2 atom stereocenters. The normalized spacial score (nSPS) is 23.9. The molecule has 0 aromatic heterocycles. The van der Waals surface area contributed by atoms with E-state index in [0.29, 0.717) is 6.61 Å². The van der Waals surface area contributed by atoms with E-state index in [0.717, 1.165) is 19.5 Å². The van der Waals surface area contributed by atoms with E-state index >= 15 is 0 Å². The Morgan fingerprint density at radius 2 is 2.11 bits per heavy atom. The highest BCUT2D eigenvalue weighted by Gasteiger charge is 2.31. The largest absolute Gasteiger partial charge is 0.395 e. The van der Waals surface area contributed by atoms with Gasteiger partial charge in [0, 0.05) is 33.4 Å². The summed E-state index contributed by atoms with van der Waals surface area (Å²) in [5.41, 5.74) is 2.44. The van der Waals surface area contributed by atoms with E-state index in [2.05, 4.69) is 29.2 Å². The highest BCUT2D eigenvalue weighted by molar-refractivity contribution is 5.23. The molecule has 1 N–H and O–H groups in total. The second-order valence-corrected chi connectivity index (χ2v) is 5.11. The first-order valence-corrected chi connectivity index (χ1v) is 6.71. The third-order valence-corrected chi connectivity index (χ3v) is 3.72. The fourth-order valence-corrected chi connectivity index (χ4v) is 2.71. The minimum Gasteiger partial charge on any atom is -0.395 e. The molecule has 1 aromatic carbocycles. The van der Waals surface area contributed by atoms with Crippen LogP contribution in [0.15, 0.2) is 24.3 Å². The third-order valence-electron chi connectivity index (χ3n) is 3.72. The molecule has 0 saturated carbocycles. The maximum absolute atomic E-state index is 9.45. The predicted octanol–water partition coefficient (Wildman–Crippen LogP) is 1.41. The fourth-order valence-electron chi connectivity index (χ4n) is 2.71. The van der Waals surface area contributed by atoms with E-state index in [1.807, 2.05) is 0 Å². The summed E-state index contributed by atoms with van der Waals surface area (Å²) in [5, 5.41) is 9.45. The van der Waals surface area contributed by atoms with Crippen LogP contribution in [0, 0.1) is 0 Å². The summed E-state index contributed by atoms with van der Waals surface area (Å²) in [6.45, 7) is 2.56. The summed E-state index contributed by atoms with van der Waals surface area (Å²) in [7, 11) is 3.44. The molecule has 0 amide bonds. The topological polar surface area (TPSA) is 41.9 Å². The first kappa shape index (κ1) is 14.5. The SMILES string of the molecule is COCc1cccc(CN2C[C@H](OC)C[C@H]2CO)c1. The lowest BCUT2D eigenvalue weighted by Crippen LogP contribution is -2.31. The molecule has 4 heteroatoms. The van der Waals surface area contributed by atoms with Crippen LogP contribution in [0.3, 0.4) is 0 Å². The van der Waals surface area contributed by atoms with Gasteiger partial charge in [0.05, 0.1) is 19.3 Å². The van der Waals surface area contributed by atoms with Crippen molar-refractivity contribution in [3.05, 3.63) is 35.4 Å². The van der Waals surface area contributed by atoms with E-state index in [1.165, 1.54) is 11.1 Å². The molecule has 1 aromatic rings. The van der Waals surface area contributed by atoms with Crippen molar-refractivity contribution < 1.29 is 14.6 Å². The van der Waals surface area contributed by atoms with Gasteiger partial charge in [-0.1, -0.05) is 24.3 Å². The molecular formula is C15H23NO3. The van der Waals surface area contributed by atoms with Gasteiger partial charge in [-0.05, 0) is 17.5 Å². The van der Waals surface area contributed by atoms with Gasteiger partial charge in [-0.2, -0.15) is 0 Å². The first-order chi connectivity index (χ1) is 9.26. The molecule has 0 aliphatic carbocycles. The van der Waals surface area contributed by atoms with Gasteiger partial charge < -0.3 is 14.6 Å². The molecule has 19 heavy (non-hydrogen) atoms. The average molecular weight is 265 g/mol. The molecule has 1 saturated heterocycles. The number of aliphatic hydroxyl groups is 1. The molecule has 0 radical (unpaired) electrons. The Labute approximate surface area is 114 Å². The van der Waals surface area contributed by atoms with Crippen LogP contribution in [-0.2, 0) is 22.6 Å². The lowest BCUT2D eigenvalue weighted by molar-refractivity contribution is 0.107. The van der Waals surface area contributed by atoms with Crippen molar-refractivity contribution in [1.29, 1.82) is 0 Å². The second-order valence-electron chi connectivity index (χ2n) is 5.11. The highest BCUT2D eigenvalue weighted by atomic mass is 16.5. The molecule has 106 valence electrons. The number of ether oxygens (including phenoxy) is 2. The van der Waals surface area contributed by atoms with Crippen LogP contribution in [-0.4, -0.2) is 49.5 Å². The molecule has 0 spiro atoms. The van der Waals surface area contributed by atoms with Crippen molar-refractivity contribution in [2.45, 2.75) is 31.7 Å². The van der Waals surface area contributed by atoms with E-state index in [-0.39, 0.29) is 18.8 Å². The van der Waals surface area contributed by atoms with Crippen LogP contribution >= 0.6 is 0 Å². The summed E-state index contributed by atoms with van der Waals surface area (Å²) in [6, 6.07) is 8.61. The summed E-state index contributed by atoms with van der Waals surface area (Å²) in [5.74, 6) is 0. The van der Waals surface area contributed by atoms with E-state index in [1.54, 1.807) is 14.2 Å². The van der Waals surface area contributed by atoms with E-state index in [9.17, 15) is 5.11 Å². The predicted molar refractivity (Wildman–Crippen MR) is 73.9 cm³/mol. The van der Waals surface area contributed by atoms with E-state index in [4.69, 9.17) is 9.47 Å². The highest BCUT2D eigenvalue weighted by Crippen LogP contribution is 2.22. The van der Waals surface area contributed by atoms with Crippen molar-refractivity contribution in [3.8, 4) is 0 Å². The Bertz CT molecular complexity index is 397. The first-order valence-electron chi connectivity index (χ1n) is 6.71. The van der Waals surface area contributed by atoms with E-state index < -0.39 is 0 Å². The average Bonchev–Trinajstić information content (AvgIpc) is 2.82. The van der Waals surface area contributed by atoms with Gasteiger partial charge in [-0.25, -0.2) is 0 Å². The Hall–Kier alpha value is -0.940. The maximum Gasteiger partial charge on any atom is 0.0714 e. The summed E-state index contributed by atoms with van der Waals surface area (Å²) in [4.78, 5) is 2.29. The Morgan fingerprint density at radius 3 is 2.79 bits per heavy atom. The molecule has 1 aliphatic heterocycles. The van der Waals surface area contributed by atoms with Gasteiger partial charge in [-0.15, -0.1) is 0 Å². The van der Waals surface area contributed by atoms with Crippen LogP contribution in [0.25, 0.3) is 0 Å². The van der Waals surface area contributed by atoms with Gasteiger partial charge in [0.1, 0.15) is 0 Å². The monoisotopic (exact) mass is 265 g/mol. The summed E-state index contributed by atoms with van der Waals surface area (Å²) in [6.07, 6.45) is 1.14. The standard InChI is InChI=1S/C15H23NO3/c1-18-11-13-5-3-4-12(6-13)8-16-9-15(19-2)7-14(16)10-17/h3-6,14-15,17H,7-11H2,1-2H3/t14-,15+/m0/s1. The molecule has 2 rings (SSSR count). The van der Waals surface area contributed by atoms with Crippen molar-refractivity contribution in [2.24, 2.45) is 0 Å². The van der Waals surface area contributed by atoms with Crippen molar-refractivity contribution in [3.63, 3.8) is 0 Å². The zero-order valence-electron chi connectivity index (χ0n) is 11.7. The number of aliphatic hydroxyl groups excluding tert-OH is 1. The van der Waals surface area contributed by atoms with Gasteiger partial charge in [0.15, 0.2) is 0 Å². The molecule has 1 heterocycles. The quantitative estimate of drug-likeness (QED) is 0.844. The molecule has 1 aliphatic rings. The number of benzene rings is 1. The van der Waals surface area contributed by atoms with Crippen molar-refractivity contribution in [2.75, 3.05) is 27.4 Å². The molecule has 4 nitrogen and oxygen atoms in total. The fraction of sp³-hybridized carbons (Fsp3) is 0.600. The Morgan fingerprint density at radius 1 is 1.32 bits per heavy atom. The molecule has 0 bridgehead atoms. The minimum atomic E-state index is 0.192. The number of hydrogen-bond donors (Lipinski definition) is 1. The lowest BCUT2D eigenvalue weighted by atomic mass is 10.1. The number of methoxy groups -OCH3 is 2. The number of likely N-dealkylation sites (tertiary alicyclic amines) is 1. The third kappa shape index (κ3) is 3.76. The second kappa shape index (κ2) is 7.01. The molecular weight excluding hydrogens is 242 g/mol. The minimum absolute atomic E-state index is 0.192. The number of rotatable bonds is 6. The zero-order valence-corrected chi connectivity index (χ0v) is 11.7. The van der Waals surface area contributed by atoms with Gasteiger partial charge in [-0.3, -0.25) is 4.90 Å². The Balaban J connectivity index is 2.01. The van der Waals surface area contributed by atoms with Crippen LogP contribution in [0.5, 0.6) is 0 Å². The van der Waals surface area contributed by atoms with Crippen LogP contribution in [0.4, 0.5) is 0 Å². The van der Waals surface area contributed by atoms with Crippen LogP contribution in [0.2, 0.25) is 0 Å². The number of nitrogens with zero attached hydrogens (tertiary/aromatic N) is 1. The molecule has 0 unspecified atom stereocenters. The van der Waals surface area contributed by atoms with Crippen molar-refractivity contribution >= 4 is 0 Å². The summed E-state index contributed by atoms with van der Waals surface area (Å²) < 4.78 is 10.6. The zero-order chi connectivity index (χ0) is 13.7. The maximum atomic E-state index is 9.45. The summed E-state index contributed by atoms with van der Waals surface area (Å²) >= 11 is 0. The van der Waals surface area contributed by atoms with Crippen molar-refractivity contribution in [1.82, 2.24) is 4.90 Å². The van der Waals surface area contributed by atoms with Gasteiger partial charge >= 0.3 is 0 Å². The smallest absolute Gasteiger partial charge is 0.0714 e. The van der Waals surface area contributed by atoms with Crippen LogP contribution < -0.4 is 0 Å². The number of hydrogen-bond acceptors (Lipinski definition) is 4. The lowest BCUT2D eigenvalue weighted by Gasteiger charge is -2.22. The van der Waals surface area contributed by atoms with Gasteiger partial charge in [0.2, 0.25) is 0 Å². The molecule has 1 fully saturated rings.